The molecule has 1 saturated heterocycles. The van der Waals surface area contributed by atoms with E-state index >= 15 is 0 Å². The Morgan fingerprint density at radius 2 is 1.48 bits per heavy atom. The molecule has 0 radical (unpaired) electrons. The van der Waals surface area contributed by atoms with Crippen molar-refractivity contribution >= 4 is 11.9 Å². The van der Waals surface area contributed by atoms with Gasteiger partial charge in [-0.2, -0.15) is 0 Å². The van der Waals surface area contributed by atoms with Gasteiger partial charge in [0, 0.05) is 13.1 Å². The molecule has 1 heterocycles. The molecule has 2 fully saturated rings. The maximum absolute atomic E-state index is 13.3. The maximum Gasteiger partial charge on any atom is 0.314 e. The van der Waals surface area contributed by atoms with Gasteiger partial charge in [0.05, 0.1) is 11.3 Å². The van der Waals surface area contributed by atoms with Crippen LogP contribution in [-0.4, -0.2) is 35.0 Å². The number of benzene rings is 2. The summed E-state index contributed by atoms with van der Waals surface area (Å²) in [5.74, 6) is -0.279. The van der Waals surface area contributed by atoms with Crippen molar-refractivity contribution < 1.29 is 14.7 Å². The monoisotopic (exact) mass is 363 g/mol. The minimum atomic E-state index is -0.889. The van der Waals surface area contributed by atoms with Crippen molar-refractivity contribution in [3.8, 4) is 0 Å². The molecular formula is C23H25NO3. The predicted molar refractivity (Wildman–Crippen MR) is 103 cm³/mol. The summed E-state index contributed by atoms with van der Waals surface area (Å²) in [5, 5.41) is 9.95. The van der Waals surface area contributed by atoms with Crippen LogP contribution in [-0.2, 0) is 15.0 Å². The highest BCUT2D eigenvalue weighted by Gasteiger charge is 2.46. The Kier molecular flexibility index (Phi) is 4.73. The zero-order valence-corrected chi connectivity index (χ0v) is 15.4. The van der Waals surface area contributed by atoms with Gasteiger partial charge in [0.2, 0.25) is 5.91 Å². The summed E-state index contributed by atoms with van der Waals surface area (Å²) < 4.78 is 0. The van der Waals surface area contributed by atoms with Gasteiger partial charge in [-0.05, 0) is 42.7 Å². The second-order valence-electron chi connectivity index (χ2n) is 7.80. The first kappa shape index (κ1) is 17.8. The average Bonchev–Trinajstić information content (AvgIpc) is 3.54. The second-order valence-corrected chi connectivity index (χ2v) is 7.80. The Morgan fingerprint density at radius 1 is 0.926 bits per heavy atom. The van der Waals surface area contributed by atoms with E-state index in [2.05, 4.69) is 0 Å². The fraction of sp³-hybridized carbons (Fsp3) is 0.391. The van der Waals surface area contributed by atoms with Gasteiger partial charge in [-0.15, -0.1) is 0 Å². The number of carboxylic acids is 1. The fourth-order valence-corrected chi connectivity index (χ4v) is 4.40. The highest BCUT2D eigenvalue weighted by molar-refractivity contribution is 5.86. The van der Waals surface area contributed by atoms with Crippen LogP contribution in [0.25, 0.3) is 0 Å². The van der Waals surface area contributed by atoms with E-state index in [0.29, 0.717) is 31.8 Å². The van der Waals surface area contributed by atoms with E-state index in [4.69, 9.17) is 0 Å². The van der Waals surface area contributed by atoms with Gasteiger partial charge < -0.3 is 10.0 Å². The van der Waals surface area contributed by atoms with Crippen LogP contribution >= 0.6 is 0 Å². The number of nitrogens with zero attached hydrogens (tertiary/aromatic N) is 1. The van der Waals surface area contributed by atoms with Crippen LogP contribution in [0, 0.1) is 5.92 Å². The molecule has 1 unspecified atom stereocenters. The number of amides is 1. The van der Waals surface area contributed by atoms with E-state index < -0.39 is 11.4 Å². The van der Waals surface area contributed by atoms with Crippen molar-refractivity contribution in [3.05, 3.63) is 71.8 Å². The first-order valence-corrected chi connectivity index (χ1v) is 9.74. The van der Waals surface area contributed by atoms with E-state index in [-0.39, 0.29) is 11.8 Å². The van der Waals surface area contributed by atoms with Gasteiger partial charge in [0.25, 0.3) is 0 Å². The lowest BCUT2D eigenvalue weighted by Crippen LogP contribution is -2.50. The molecule has 0 aromatic heterocycles. The molecular weight excluding hydrogens is 338 g/mol. The molecule has 0 bridgehead atoms. The maximum atomic E-state index is 13.3. The lowest BCUT2D eigenvalue weighted by atomic mass is 9.72. The van der Waals surface area contributed by atoms with Crippen LogP contribution in [0.5, 0.6) is 0 Å². The third-order valence-corrected chi connectivity index (χ3v) is 6.18. The minimum absolute atomic E-state index is 0.0831. The van der Waals surface area contributed by atoms with E-state index in [1.165, 1.54) is 0 Å². The number of carbonyl (C=O) groups excluding carboxylic acids is 1. The van der Waals surface area contributed by atoms with Crippen molar-refractivity contribution in [1.29, 1.82) is 0 Å². The lowest BCUT2D eigenvalue weighted by Gasteiger charge is -2.40. The number of rotatable bonds is 5. The van der Waals surface area contributed by atoms with Crippen LogP contribution in [0.4, 0.5) is 0 Å². The van der Waals surface area contributed by atoms with Crippen molar-refractivity contribution in [2.45, 2.75) is 37.0 Å². The number of piperidine rings is 1. The van der Waals surface area contributed by atoms with E-state index in [1.807, 2.05) is 65.6 Å². The number of hydrogen-bond acceptors (Lipinski definition) is 2. The number of hydrogen-bond donors (Lipinski definition) is 1. The topological polar surface area (TPSA) is 57.6 Å². The summed E-state index contributed by atoms with van der Waals surface area (Å²) in [6, 6.07) is 19.5. The minimum Gasteiger partial charge on any atom is -0.481 e. The van der Waals surface area contributed by atoms with Gasteiger partial charge in [0.15, 0.2) is 0 Å². The lowest BCUT2D eigenvalue weighted by molar-refractivity contribution is -0.148. The van der Waals surface area contributed by atoms with Crippen LogP contribution in [0.1, 0.15) is 42.7 Å². The van der Waals surface area contributed by atoms with E-state index in [1.54, 1.807) is 0 Å². The van der Waals surface area contributed by atoms with E-state index in [0.717, 1.165) is 24.0 Å². The average molecular weight is 363 g/mol. The molecule has 2 aromatic rings. The molecule has 1 aliphatic heterocycles. The summed E-state index contributed by atoms with van der Waals surface area (Å²) in [7, 11) is 0. The first-order valence-electron chi connectivity index (χ1n) is 9.74. The van der Waals surface area contributed by atoms with Gasteiger partial charge >= 0.3 is 5.97 Å². The van der Waals surface area contributed by atoms with Crippen LogP contribution < -0.4 is 0 Å². The highest BCUT2D eigenvalue weighted by Crippen LogP contribution is 2.44. The van der Waals surface area contributed by atoms with E-state index in [9.17, 15) is 14.7 Å². The summed E-state index contributed by atoms with van der Waals surface area (Å²) in [5.41, 5.74) is 1.04. The number of aliphatic carboxylic acids is 1. The van der Waals surface area contributed by atoms with Crippen molar-refractivity contribution in [2.24, 2.45) is 5.92 Å². The third-order valence-electron chi connectivity index (χ3n) is 6.18. The Hall–Kier alpha value is -2.62. The molecule has 1 N–H and O–H groups in total. The van der Waals surface area contributed by atoms with Crippen LogP contribution in [0.3, 0.4) is 0 Å². The number of likely N-dealkylation sites (tertiary alicyclic amines) is 1. The number of carbonyl (C=O) groups is 2. The molecule has 2 aliphatic rings. The van der Waals surface area contributed by atoms with Crippen LogP contribution in [0.2, 0.25) is 0 Å². The molecule has 4 rings (SSSR count). The molecule has 27 heavy (non-hydrogen) atoms. The zero-order valence-electron chi connectivity index (χ0n) is 15.4. The highest BCUT2D eigenvalue weighted by atomic mass is 16.4. The quantitative estimate of drug-likeness (QED) is 0.878. The summed E-state index contributed by atoms with van der Waals surface area (Å²) in [6.07, 6.45) is 3.12. The molecule has 2 aromatic carbocycles. The molecule has 1 atom stereocenters. The molecule has 0 spiro atoms. The van der Waals surface area contributed by atoms with Crippen LogP contribution in [0.15, 0.2) is 60.7 Å². The normalized spacial score (nSPS) is 20.1. The van der Waals surface area contributed by atoms with Gasteiger partial charge in [-0.3, -0.25) is 9.59 Å². The molecule has 4 nitrogen and oxygen atoms in total. The fourth-order valence-electron chi connectivity index (χ4n) is 4.40. The largest absolute Gasteiger partial charge is 0.481 e. The van der Waals surface area contributed by atoms with Gasteiger partial charge in [0.1, 0.15) is 0 Å². The standard InChI is InChI=1S/C23H25NO3/c25-21(20(18-11-12-18)17-7-3-1-4-8-17)24-15-13-23(14-16-24,22(26)27)19-9-5-2-6-10-19/h1-10,18,20H,11-16H2,(H,26,27). The molecule has 1 aliphatic carbocycles. The smallest absolute Gasteiger partial charge is 0.314 e. The molecule has 1 amide bonds. The number of carboxylic acid groups (broad SMARTS) is 1. The second kappa shape index (κ2) is 7.18. The SMILES string of the molecule is O=C(C(c1ccccc1)C1CC1)N1CCC(C(=O)O)(c2ccccc2)CC1. The van der Waals surface area contributed by atoms with Crippen molar-refractivity contribution in [3.63, 3.8) is 0 Å². The summed E-state index contributed by atoms with van der Waals surface area (Å²) in [6.45, 7) is 0.992. The molecule has 4 heteroatoms. The first-order chi connectivity index (χ1) is 13.1. The van der Waals surface area contributed by atoms with Gasteiger partial charge in [-0.25, -0.2) is 0 Å². The Balaban J connectivity index is 1.53. The molecule has 1 saturated carbocycles. The van der Waals surface area contributed by atoms with Gasteiger partial charge in [-0.1, -0.05) is 60.7 Å². The Labute approximate surface area is 159 Å². The summed E-state index contributed by atoms with van der Waals surface area (Å²) >= 11 is 0. The van der Waals surface area contributed by atoms with Crippen molar-refractivity contribution in [2.75, 3.05) is 13.1 Å². The Bertz CT molecular complexity index is 806. The van der Waals surface area contributed by atoms with Crippen molar-refractivity contribution in [1.82, 2.24) is 4.90 Å². The summed E-state index contributed by atoms with van der Waals surface area (Å²) in [4.78, 5) is 27.3. The predicted octanol–water partition coefficient (Wildman–Crippen LogP) is 3.83. The third kappa shape index (κ3) is 3.36. The Morgan fingerprint density at radius 3 is 2.00 bits per heavy atom. The molecule has 140 valence electrons. The zero-order chi connectivity index (χ0) is 18.9.